The van der Waals surface area contributed by atoms with Crippen LogP contribution in [-0.4, -0.2) is 60.2 Å². The zero-order valence-electron chi connectivity index (χ0n) is 17.9. The van der Waals surface area contributed by atoms with E-state index in [2.05, 4.69) is 46.7 Å². The van der Waals surface area contributed by atoms with Gasteiger partial charge in [0.1, 0.15) is 0 Å². The number of nitrogens with zero attached hydrogens (tertiary/aromatic N) is 1. The molecule has 9 heteroatoms. The van der Waals surface area contributed by atoms with E-state index in [4.69, 9.17) is 4.74 Å². The number of amides is 2. The maximum atomic E-state index is 13.5. The molecule has 29 heavy (non-hydrogen) atoms. The van der Waals surface area contributed by atoms with E-state index in [9.17, 15) is 14.7 Å². The Kier molecular flexibility index (Phi) is 7.74. The molecule has 0 saturated carbocycles. The summed E-state index contributed by atoms with van der Waals surface area (Å²) in [7, 11) is -1.96. The number of carbonyl (C=O) groups is 2. The molecule has 1 aromatic rings. The molecule has 5 N–H and O–H groups in total. The number of rotatable bonds is 5. The molecule has 3 atom stereocenters. The molecule has 0 bridgehead atoms. The summed E-state index contributed by atoms with van der Waals surface area (Å²) in [5, 5.41) is 12.9. The molecule has 1 aromatic carbocycles. The van der Waals surface area contributed by atoms with E-state index in [-0.39, 0.29) is 11.9 Å². The summed E-state index contributed by atoms with van der Waals surface area (Å²) < 4.78 is 6.48. The second kappa shape index (κ2) is 9.32. The number of benzene rings is 1. The van der Waals surface area contributed by atoms with Gasteiger partial charge in [-0.1, -0.05) is 0 Å². The van der Waals surface area contributed by atoms with Crippen LogP contribution in [-0.2, 0) is 16.0 Å². The first kappa shape index (κ1) is 24.1. The van der Waals surface area contributed by atoms with Gasteiger partial charge in [0.05, 0.1) is 0 Å². The molecule has 3 unspecified atom stereocenters. The summed E-state index contributed by atoms with van der Waals surface area (Å²) in [6.07, 6.45) is -0.439. The number of aliphatic hydroxyl groups excluding tert-OH is 1. The number of quaternary nitrogens is 1. The Morgan fingerprint density at radius 2 is 1.93 bits per heavy atom. The van der Waals surface area contributed by atoms with Crippen molar-refractivity contribution in [3.8, 4) is 0 Å². The molecule has 7 nitrogen and oxygen atoms in total. The fourth-order valence-electron chi connectivity index (χ4n) is 3.85. The number of nitrogens with one attached hydrogen (secondary N) is 1. The van der Waals surface area contributed by atoms with Gasteiger partial charge in [-0.15, -0.1) is 0 Å². The van der Waals surface area contributed by atoms with Crippen LogP contribution in [0, 0.1) is 3.57 Å². The first-order valence-electron chi connectivity index (χ1n) is 10.1. The van der Waals surface area contributed by atoms with Gasteiger partial charge in [0.15, 0.2) is 0 Å². The van der Waals surface area contributed by atoms with Crippen LogP contribution in [0.3, 0.4) is 0 Å². The molecular formula is C20H34IN3O4Si. The molecule has 1 aliphatic rings. The number of halogens is 1. The van der Waals surface area contributed by atoms with Gasteiger partial charge in [0, 0.05) is 0 Å². The predicted octanol–water partition coefficient (Wildman–Crippen LogP) is 1.48. The van der Waals surface area contributed by atoms with E-state index < -0.39 is 32.0 Å². The van der Waals surface area contributed by atoms with Crippen molar-refractivity contribution in [2.45, 2.75) is 70.2 Å². The van der Waals surface area contributed by atoms with Gasteiger partial charge >= 0.3 is 188 Å². The summed E-state index contributed by atoms with van der Waals surface area (Å²) in [6, 6.07) is 7.61. The Labute approximate surface area is 187 Å². The summed E-state index contributed by atoms with van der Waals surface area (Å²) in [5.41, 5.74) is 4.05. The summed E-state index contributed by atoms with van der Waals surface area (Å²) >= 11 is 2.23. The summed E-state index contributed by atoms with van der Waals surface area (Å²) in [6.45, 7) is 9.81. The fraction of sp³-hybridized carbons (Fsp3) is 0.600. The van der Waals surface area contributed by atoms with Gasteiger partial charge in [-0.05, 0) is 0 Å². The van der Waals surface area contributed by atoms with Crippen LogP contribution in [0.15, 0.2) is 24.3 Å². The third kappa shape index (κ3) is 7.23. The number of alkyl carbamates (subject to hydrolysis) is 1. The summed E-state index contributed by atoms with van der Waals surface area (Å²) in [5.74, 6) is -0.187. The Bertz CT molecular complexity index is 734. The summed E-state index contributed by atoms with van der Waals surface area (Å²) in [4.78, 5) is 27.6. The Morgan fingerprint density at radius 1 is 1.34 bits per heavy atom. The Balaban J connectivity index is 2.26. The van der Waals surface area contributed by atoms with E-state index >= 15 is 0 Å². The van der Waals surface area contributed by atoms with Crippen molar-refractivity contribution in [2.24, 2.45) is 0 Å². The van der Waals surface area contributed by atoms with Gasteiger partial charge in [-0.2, -0.15) is 0 Å². The number of hydrogen-bond donors (Lipinski definition) is 3. The molecule has 1 aliphatic heterocycles. The van der Waals surface area contributed by atoms with Crippen molar-refractivity contribution >= 4 is 42.7 Å². The average Bonchev–Trinajstić information content (AvgIpc) is 2.90. The van der Waals surface area contributed by atoms with E-state index in [1.165, 1.54) is 0 Å². The molecule has 164 valence electrons. The van der Waals surface area contributed by atoms with Crippen molar-refractivity contribution in [3.05, 3.63) is 33.4 Å². The van der Waals surface area contributed by atoms with Gasteiger partial charge in [0.25, 0.3) is 0 Å². The van der Waals surface area contributed by atoms with Crippen LogP contribution in [0.1, 0.15) is 26.3 Å². The van der Waals surface area contributed by atoms with Crippen LogP contribution in [0.25, 0.3) is 0 Å². The van der Waals surface area contributed by atoms with Crippen molar-refractivity contribution in [3.63, 3.8) is 0 Å². The van der Waals surface area contributed by atoms with Gasteiger partial charge < -0.3 is 0 Å². The van der Waals surface area contributed by atoms with E-state index in [0.29, 0.717) is 12.6 Å². The van der Waals surface area contributed by atoms with Gasteiger partial charge in [-0.3, -0.25) is 0 Å². The number of ether oxygens (including phenoxy) is 1. The maximum absolute atomic E-state index is 13.5. The molecule has 2 rings (SSSR count). The van der Waals surface area contributed by atoms with Crippen LogP contribution >= 0.6 is 22.6 Å². The van der Waals surface area contributed by atoms with Crippen LogP contribution < -0.4 is 11.1 Å². The molecular weight excluding hydrogens is 501 g/mol. The SMILES string of the molecule is CC(C)(C)OC(=O)NC(Cc1ccc(I)cc1)C(=O)N1C[SiH-](C)(C)CC1C([NH3+])O. The third-order valence-corrected chi connectivity index (χ3v) is 8.90. The van der Waals surface area contributed by atoms with Crippen LogP contribution in [0.5, 0.6) is 0 Å². The van der Waals surface area contributed by atoms with Crippen LogP contribution in [0.2, 0.25) is 19.1 Å². The monoisotopic (exact) mass is 535 g/mol. The van der Waals surface area contributed by atoms with E-state index in [1.54, 1.807) is 25.7 Å². The topological polar surface area (TPSA) is 107 Å². The first-order valence-corrected chi connectivity index (χ1v) is 15.1. The van der Waals surface area contributed by atoms with Crippen molar-refractivity contribution in [1.29, 1.82) is 0 Å². The van der Waals surface area contributed by atoms with Crippen molar-refractivity contribution in [2.75, 3.05) is 6.17 Å². The molecule has 0 spiro atoms. The first-order chi connectivity index (χ1) is 13.3. The minimum atomic E-state index is -1.96. The molecule has 2 amide bonds. The predicted molar refractivity (Wildman–Crippen MR) is 124 cm³/mol. The Morgan fingerprint density at radius 3 is 2.45 bits per heavy atom. The second-order valence-electron chi connectivity index (χ2n) is 9.89. The number of carbonyl (C=O) groups excluding carboxylic acids is 2. The normalized spacial score (nSPS) is 21.9. The zero-order chi connectivity index (χ0) is 22.0. The van der Waals surface area contributed by atoms with Crippen molar-refractivity contribution in [1.82, 2.24) is 10.2 Å². The van der Waals surface area contributed by atoms with E-state index in [0.717, 1.165) is 15.2 Å². The molecule has 0 aromatic heterocycles. The van der Waals surface area contributed by atoms with E-state index in [1.807, 2.05) is 24.3 Å². The molecule has 1 heterocycles. The van der Waals surface area contributed by atoms with Gasteiger partial charge in [0.2, 0.25) is 0 Å². The second-order valence-corrected chi connectivity index (χ2v) is 17.0. The minimum absolute atomic E-state index is 0.187. The molecule has 0 radical (unpaired) electrons. The zero-order valence-corrected chi connectivity index (χ0v) is 21.3. The number of hydrogen-bond acceptors (Lipinski definition) is 4. The quantitative estimate of drug-likeness (QED) is 0.302. The standard InChI is InChI=1S/C20H33IN3O4Si/c1-20(2,3)28-19(27)23-15(10-13-6-8-14(21)9-7-13)18(26)24-12-29(4,5)11-16(24)17(22)25/h6-9,15-17,25,29H,10-12,22H2,1-5H3,(H,23,27)/q-1/p+1. The number of aliphatic hydroxyl groups is 1. The molecule has 1 saturated heterocycles. The fourth-order valence-corrected chi connectivity index (χ4v) is 7.75. The molecule has 0 aliphatic carbocycles. The van der Waals surface area contributed by atoms with Crippen LogP contribution in [0.4, 0.5) is 4.79 Å². The van der Waals surface area contributed by atoms with Crippen molar-refractivity contribution < 1.29 is 25.2 Å². The molecule has 1 fully saturated rings. The van der Waals surface area contributed by atoms with Gasteiger partial charge in [-0.25, -0.2) is 0 Å². The Hall–Kier alpha value is -1.17. The third-order valence-electron chi connectivity index (χ3n) is 5.04. The average molecular weight is 535 g/mol.